The molecule has 0 saturated carbocycles. The topological polar surface area (TPSA) is 0 Å². The van der Waals surface area contributed by atoms with Gasteiger partial charge in [-0.1, -0.05) is 82.3 Å². The van der Waals surface area contributed by atoms with Crippen molar-refractivity contribution in [1.82, 2.24) is 0 Å². The number of benzene rings is 2. The molecule has 22 heavy (non-hydrogen) atoms. The Hall–Kier alpha value is -0.160. The first-order valence-electron chi connectivity index (χ1n) is 7.12. The number of hydrogen-bond acceptors (Lipinski definition) is 4. The van der Waals surface area contributed by atoms with Crippen LogP contribution in [0.1, 0.15) is 25.0 Å². The van der Waals surface area contributed by atoms with E-state index in [-0.39, 0.29) is 8.16 Å². The highest BCUT2D eigenvalue weighted by molar-refractivity contribution is 8.80. The van der Waals surface area contributed by atoms with E-state index in [1.54, 1.807) is 0 Å². The smallest absolute Gasteiger partial charge is 0.0932 e. The van der Waals surface area contributed by atoms with Crippen LogP contribution < -0.4 is 0 Å². The summed E-state index contributed by atoms with van der Waals surface area (Å²) in [6, 6.07) is 21.6. The molecule has 0 N–H and O–H groups in total. The fourth-order valence-electron chi connectivity index (χ4n) is 2.04. The van der Waals surface area contributed by atoms with E-state index in [2.05, 4.69) is 87.0 Å². The molecule has 0 radical (unpaired) electrons. The number of hydrogen-bond donors (Lipinski definition) is 0. The molecule has 2 unspecified atom stereocenters. The van der Waals surface area contributed by atoms with Crippen LogP contribution in [-0.4, -0.2) is 12.5 Å². The van der Waals surface area contributed by atoms with E-state index >= 15 is 0 Å². The van der Waals surface area contributed by atoms with Crippen LogP contribution in [0.4, 0.5) is 0 Å². The Morgan fingerprint density at radius 1 is 0.591 bits per heavy atom. The zero-order valence-electron chi connectivity index (χ0n) is 13.4. The molecule has 0 amide bonds. The molecule has 0 fully saturated rings. The average molecular weight is 367 g/mol. The lowest BCUT2D eigenvalue weighted by atomic mass is 10.2. The normalized spacial score (nSPS) is 16.7. The van der Waals surface area contributed by atoms with Crippen molar-refractivity contribution in [2.75, 3.05) is 12.5 Å². The first-order chi connectivity index (χ1) is 10.5. The van der Waals surface area contributed by atoms with E-state index in [1.165, 1.54) is 11.1 Å². The maximum absolute atomic E-state index is 2.32. The molecule has 0 aliphatic heterocycles. The molecule has 4 heteroatoms. The van der Waals surface area contributed by atoms with Gasteiger partial charge >= 0.3 is 0 Å². The van der Waals surface area contributed by atoms with E-state index in [1.807, 2.05) is 45.1 Å². The zero-order valence-corrected chi connectivity index (χ0v) is 16.7. The van der Waals surface area contributed by atoms with Crippen molar-refractivity contribution in [3.05, 3.63) is 71.8 Å². The molecule has 0 spiro atoms. The first kappa shape index (κ1) is 18.2. The third-order valence-corrected chi connectivity index (χ3v) is 11.3. The van der Waals surface area contributed by atoms with Crippen molar-refractivity contribution in [1.29, 1.82) is 0 Å². The summed E-state index contributed by atoms with van der Waals surface area (Å²) in [4.78, 5) is 0. The van der Waals surface area contributed by atoms with Crippen LogP contribution >= 0.6 is 45.1 Å². The number of rotatable bonds is 7. The molecule has 2 rings (SSSR count). The molecule has 0 bridgehead atoms. The van der Waals surface area contributed by atoms with Crippen LogP contribution in [0.25, 0.3) is 0 Å². The molecule has 0 aliphatic carbocycles. The summed E-state index contributed by atoms with van der Waals surface area (Å²) in [5.74, 6) is 0. The Morgan fingerprint density at radius 3 is 1.18 bits per heavy atom. The Bertz CT molecular complexity index is 519. The van der Waals surface area contributed by atoms with E-state index < -0.39 is 0 Å². The van der Waals surface area contributed by atoms with Crippen LogP contribution in [0.3, 0.4) is 0 Å². The summed E-state index contributed by atoms with van der Waals surface area (Å²) in [7, 11) is 3.92. The van der Waals surface area contributed by atoms with E-state index in [0.29, 0.717) is 0 Å². The van der Waals surface area contributed by atoms with E-state index in [9.17, 15) is 0 Å². The Kier molecular flexibility index (Phi) is 6.69. The molecule has 2 aromatic carbocycles. The molecule has 0 nitrogen and oxygen atoms in total. The van der Waals surface area contributed by atoms with Gasteiger partial charge in [-0.15, -0.1) is 23.5 Å². The summed E-state index contributed by atoms with van der Waals surface area (Å²) in [5.41, 5.74) is 2.74. The van der Waals surface area contributed by atoms with Crippen molar-refractivity contribution in [3.63, 3.8) is 0 Å². The van der Waals surface area contributed by atoms with Crippen LogP contribution in [0.2, 0.25) is 0 Å². The van der Waals surface area contributed by atoms with Crippen molar-refractivity contribution in [2.45, 2.75) is 22.0 Å². The maximum Gasteiger partial charge on any atom is 0.0932 e. The minimum Gasteiger partial charge on any atom is -0.142 e. The second kappa shape index (κ2) is 8.09. The van der Waals surface area contributed by atoms with Gasteiger partial charge in [-0.2, -0.15) is 0 Å². The lowest BCUT2D eigenvalue weighted by molar-refractivity contribution is 1.01. The fraction of sp³-hybridized carbons (Fsp3) is 0.333. The monoisotopic (exact) mass is 366 g/mol. The molecule has 118 valence electrons. The standard InChI is InChI=1S/C18H22S4/c1-17(19-3,15-11-7-5-8-12-15)21-22-18(2,20-4)16-13-9-6-10-14-16/h5-14H,1-4H3. The van der Waals surface area contributed by atoms with E-state index in [0.717, 1.165) is 0 Å². The summed E-state index contributed by atoms with van der Waals surface area (Å²) >= 11 is 3.81. The Labute approximate surface area is 151 Å². The molecular weight excluding hydrogens is 344 g/mol. The highest BCUT2D eigenvalue weighted by Gasteiger charge is 2.33. The summed E-state index contributed by atoms with van der Waals surface area (Å²) in [5, 5.41) is 0. The third-order valence-electron chi connectivity index (χ3n) is 3.74. The number of thioether (sulfide) groups is 2. The summed E-state index contributed by atoms with van der Waals surface area (Å²) in [6.45, 7) is 4.63. The van der Waals surface area contributed by atoms with Gasteiger partial charge in [0.1, 0.15) is 0 Å². The first-order valence-corrected chi connectivity index (χ1v) is 11.7. The van der Waals surface area contributed by atoms with Gasteiger partial charge in [0.05, 0.1) is 8.16 Å². The van der Waals surface area contributed by atoms with E-state index in [4.69, 9.17) is 0 Å². The predicted octanol–water partition coefficient (Wildman–Crippen LogP) is 6.84. The summed E-state index contributed by atoms with van der Waals surface area (Å²) < 4.78 is 0.107. The lowest BCUT2D eigenvalue weighted by Gasteiger charge is -2.33. The summed E-state index contributed by atoms with van der Waals surface area (Å²) in [6.07, 6.45) is 4.39. The molecule has 0 saturated heterocycles. The zero-order chi connectivity index (χ0) is 16.1. The molecule has 0 aliphatic rings. The van der Waals surface area contributed by atoms with Crippen molar-refractivity contribution in [2.24, 2.45) is 0 Å². The van der Waals surface area contributed by atoms with Crippen molar-refractivity contribution >= 4 is 45.1 Å². The molecule has 0 aromatic heterocycles. The largest absolute Gasteiger partial charge is 0.142 e. The minimum absolute atomic E-state index is 0.0533. The highest BCUT2D eigenvalue weighted by Crippen LogP contribution is 2.59. The molecule has 0 heterocycles. The SMILES string of the molecule is CSC(C)(SSC(C)(SC)c1ccccc1)c1ccccc1. The van der Waals surface area contributed by atoms with Gasteiger partial charge in [0.25, 0.3) is 0 Å². The average Bonchev–Trinajstić information content (AvgIpc) is 2.61. The van der Waals surface area contributed by atoms with Crippen LogP contribution in [0, 0.1) is 0 Å². The van der Waals surface area contributed by atoms with Crippen molar-refractivity contribution < 1.29 is 0 Å². The van der Waals surface area contributed by atoms with Crippen LogP contribution in [-0.2, 0) is 8.16 Å². The van der Waals surface area contributed by atoms with Gasteiger partial charge in [0.2, 0.25) is 0 Å². The van der Waals surface area contributed by atoms with Crippen LogP contribution in [0.15, 0.2) is 60.7 Å². The minimum atomic E-state index is 0.0533. The molecular formula is C18H22S4. The Balaban J connectivity index is 2.18. The second-order valence-corrected chi connectivity index (χ2v) is 11.1. The van der Waals surface area contributed by atoms with Gasteiger partial charge in [0.15, 0.2) is 0 Å². The Morgan fingerprint density at radius 2 is 0.909 bits per heavy atom. The maximum atomic E-state index is 2.32. The predicted molar refractivity (Wildman–Crippen MR) is 110 cm³/mol. The fourth-order valence-corrected chi connectivity index (χ4v) is 7.48. The highest BCUT2D eigenvalue weighted by atomic mass is 33.1. The van der Waals surface area contributed by atoms with Gasteiger partial charge < -0.3 is 0 Å². The third kappa shape index (κ3) is 4.22. The molecule has 2 aromatic rings. The second-order valence-electron chi connectivity index (χ2n) is 5.20. The van der Waals surface area contributed by atoms with Gasteiger partial charge in [-0.3, -0.25) is 0 Å². The molecule has 2 atom stereocenters. The van der Waals surface area contributed by atoms with Gasteiger partial charge in [-0.05, 0) is 37.5 Å². The lowest BCUT2D eigenvalue weighted by Crippen LogP contribution is -2.15. The van der Waals surface area contributed by atoms with Gasteiger partial charge in [0, 0.05) is 0 Å². The quantitative estimate of drug-likeness (QED) is 0.388. The van der Waals surface area contributed by atoms with Crippen molar-refractivity contribution in [3.8, 4) is 0 Å². The van der Waals surface area contributed by atoms with Crippen LogP contribution in [0.5, 0.6) is 0 Å². The van der Waals surface area contributed by atoms with Gasteiger partial charge in [-0.25, -0.2) is 0 Å².